The third-order valence-corrected chi connectivity index (χ3v) is 4.62. The van der Waals surface area contributed by atoms with Crippen LogP contribution in [0.3, 0.4) is 0 Å². The van der Waals surface area contributed by atoms with Crippen LogP contribution in [0.2, 0.25) is 0 Å². The number of rotatable bonds is 9. The normalized spacial score (nSPS) is 12.6. The predicted molar refractivity (Wildman–Crippen MR) is 96.6 cm³/mol. The first-order chi connectivity index (χ1) is 11.9. The molecule has 7 heteroatoms. The molecule has 136 valence electrons. The molecule has 0 saturated heterocycles. The Morgan fingerprint density at radius 3 is 2.64 bits per heavy atom. The molecule has 2 rings (SSSR count). The van der Waals surface area contributed by atoms with Crippen LogP contribution in [0.4, 0.5) is 4.39 Å². The molecule has 0 saturated carbocycles. The third kappa shape index (κ3) is 5.26. The first-order valence-corrected chi connectivity index (χ1v) is 8.82. The number of carboxylic acid groups (broad SMARTS) is 1. The highest BCUT2D eigenvalue weighted by Crippen LogP contribution is 2.31. The Morgan fingerprint density at radius 1 is 1.32 bits per heavy atom. The molecule has 1 heterocycles. The summed E-state index contributed by atoms with van der Waals surface area (Å²) in [6.45, 7) is 1.68. The highest BCUT2D eigenvalue weighted by atomic mass is 32.1. The minimum absolute atomic E-state index is 0.323. The summed E-state index contributed by atoms with van der Waals surface area (Å²) in [5.41, 5.74) is 1.36. The van der Waals surface area contributed by atoms with Gasteiger partial charge in [0.25, 0.3) is 0 Å². The van der Waals surface area contributed by atoms with Crippen LogP contribution in [0.1, 0.15) is 17.2 Å². The predicted octanol–water partition coefficient (Wildman–Crippen LogP) is 3.09. The van der Waals surface area contributed by atoms with Gasteiger partial charge >= 0.3 is 5.97 Å². The average Bonchev–Trinajstić information content (AvgIpc) is 3.05. The summed E-state index contributed by atoms with van der Waals surface area (Å²) in [5, 5.41) is 13.8. The molecule has 0 fully saturated rings. The van der Waals surface area contributed by atoms with Gasteiger partial charge in [0.2, 0.25) is 0 Å². The highest BCUT2D eigenvalue weighted by Gasteiger charge is 2.30. The number of aliphatic carboxylic acids is 1. The number of likely N-dealkylation sites (N-methyl/N-ethyl adjacent to an activating group) is 1. The SMILES string of the molecule is COc1ccc(F)cc1C(C(=O)O)N(CCN(C)C)Cc1ccsc1. The third-order valence-electron chi connectivity index (χ3n) is 3.89. The van der Waals surface area contributed by atoms with Crippen LogP contribution in [0.25, 0.3) is 0 Å². The molecule has 0 bridgehead atoms. The number of ether oxygens (including phenoxy) is 1. The molecule has 1 atom stereocenters. The molecule has 0 amide bonds. The van der Waals surface area contributed by atoms with Gasteiger partial charge in [0.15, 0.2) is 0 Å². The van der Waals surface area contributed by atoms with Gasteiger partial charge in [-0.05, 0) is 54.7 Å². The highest BCUT2D eigenvalue weighted by molar-refractivity contribution is 7.07. The van der Waals surface area contributed by atoms with Crippen molar-refractivity contribution < 1.29 is 19.0 Å². The number of methoxy groups -OCH3 is 1. The molecule has 0 aliphatic rings. The lowest BCUT2D eigenvalue weighted by Gasteiger charge is -2.30. The molecule has 25 heavy (non-hydrogen) atoms. The number of nitrogens with zero attached hydrogens (tertiary/aromatic N) is 2. The van der Waals surface area contributed by atoms with E-state index in [4.69, 9.17) is 4.74 Å². The monoisotopic (exact) mass is 366 g/mol. The summed E-state index contributed by atoms with van der Waals surface area (Å²) in [5.74, 6) is -1.14. The van der Waals surface area contributed by atoms with Crippen molar-refractivity contribution in [1.29, 1.82) is 0 Å². The topological polar surface area (TPSA) is 53.0 Å². The quantitative estimate of drug-likeness (QED) is 0.739. The lowest BCUT2D eigenvalue weighted by Crippen LogP contribution is -2.38. The number of carboxylic acids is 1. The Hall–Kier alpha value is -1.96. The Morgan fingerprint density at radius 2 is 2.08 bits per heavy atom. The molecule has 1 aromatic heterocycles. The average molecular weight is 366 g/mol. The van der Waals surface area contributed by atoms with E-state index in [0.717, 1.165) is 5.56 Å². The summed E-state index contributed by atoms with van der Waals surface area (Å²) >= 11 is 1.56. The molecule has 0 aliphatic heterocycles. The Kier molecular flexibility index (Phi) is 6.92. The van der Waals surface area contributed by atoms with E-state index in [-0.39, 0.29) is 0 Å². The second kappa shape index (κ2) is 8.94. The van der Waals surface area contributed by atoms with Crippen molar-refractivity contribution in [3.8, 4) is 5.75 Å². The van der Waals surface area contributed by atoms with E-state index in [1.54, 1.807) is 11.3 Å². The van der Waals surface area contributed by atoms with Gasteiger partial charge < -0.3 is 14.7 Å². The van der Waals surface area contributed by atoms with Crippen LogP contribution in [0.5, 0.6) is 5.75 Å². The van der Waals surface area contributed by atoms with Gasteiger partial charge in [0.1, 0.15) is 17.6 Å². The number of carbonyl (C=O) groups is 1. The summed E-state index contributed by atoms with van der Waals surface area (Å²) in [6, 6.07) is 4.95. The van der Waals surface area contributed by atoms with Crippen LogP contribution in [0, 0.1) is 5.82 Å². The Labute approximate surface area is 151 Å². The fraction of sp³-hybridized carbons (Fsp3) is 0.389. The van der Waals surface area contributed by atoms with Crippen molar-refractivity contribution in [3.63, 3.8) is 0 Å². The fourth-order valence-corrected chi connectivity index (χ4v) is 3.31. The van der Waals surface area contributed by atoms with Crippen LogP contribution >= 0.6 is 11.3 Å². The zero-order valence-corrected chi connectivity index (χ0v) is 15.4. The largest absolute Gasteiger partial charge is 0.496 e. The molecule has 1 N–H and O–H groups in total. The first-order valence-electron chi connectivity index (χ1n) is 7.88. The minimum Gasteiger partial charge on any atom is -0.496 e. The van der Waals surface area contributed by atoms with Gasteiger partial charge in [0.05, 0.1) is 7.11 Å². The number of benzene rings is 1. The van der Waals surface area contributed by atoms with E-state index >= 15 is 0 Å². The maximum Gasteiger partial charge on any atom is 0.325 e. The van der Waals surface area contributed by atoms with Crippen molar-refractivity contribution in [2.45, 2.75) is 12.6 Å². The Bertz CT molecular complexity index is 692. The number of hydrogen-bond acceptors (Lipinski definition) is 5. The van der Waals surface area contributed by atoms with Gasteiger partial charge in [0, 0.05) is 25.2 Å². The van der Waals surface area contributed by atoms with Crippen LogP contribution in [-0.2, 0) is 11.3 Å². The second-order valence-electron chi connectivity index (χ2n) is 6.03. The number of thiophene rings is 1. The fourth-order valence-electron chi connectivity index (χ4n) is 2.65. The van der Waals surface area contributed by atoms with Crippen LogP contribution in [0.15, 0.2) is 35.0 Å². The molecule has 0 spiro atoms. The van der Waals surface area contributed by atoms with Crippen molar-refractivity contribution in [3.05, 3.63) is 52.0 Å². The van der Waals surface area contributed by atoms with E-state index in [2.05, 4.69) is 0 Å². The van der Waals surface area contributed by atoms with Gasteiger partial charge in [-0.2, -0.15) is 11.3 Å². The van der Waals surface area contributed by atoms with Gasteiger partial charge in [-0.25, -0.2) is 4.39 Å². The summed E-state index contributed by atoms with van der Waals surface area (Å²) in [6.07, 6.45) is 0. The van der Waals surface area contributed by atoms with Gasteiger partial charge in [-0.1, -0.05) is 0 Å². The van der Waals surface area contributed by atoms with Crippen molar-refractivity contribution in [2.24, 2.45) is 0 Å². The zero-order valence-electron chi connectivity index (χ0n) is 14.6. The van der Waals surface area contributed by atoms with E-state index in [0.29, 0.717) is 30.9 Å². The van der Waals surface area contributed by atoms with Gasteiger partial charge in [-0.15, -0.1) is 0 Å². The molecular formula is C18H23FN2O3S. The maximum absolute atomic E-state index is 13.8. The van der Waals surface area contributed by atoms with Crippen LogP contribution in [-0.4, -0.2) is 55.2 Å². The molecule has 0 radical (unpaired) electrons. The Balaban J connectivity index is 2.40. The summed E-state index contributed by atoms with van der Waals surface area (Å²) in [7, 11) is 5.32. The smallest absolute Gasteiger partial charge is 0.325 e. The van der Waals surface area contributed by atoms with E-state index < -0.39 is 17.8 Å². The molecule has 1 aromatic carbocycles. The van der Waals surface area contributed by atoms with E-state index in [1.165, 1.54) is 25.3 Å². The van der Waals surface area contributed by atoms with Gasteiger partial charge in [-0.3, -0.25) is 9.69 Å². The molecule has 2 aromatic rings. The van der Waals surface area contributed by atoms with E-state index in [9.17, 15) is 14.3 Å². The lowest BCUT2D eigenvalue weighted by atomic mass is 10.0. The molecule has 1 unspecified atom stereocenters. The standard InChI is InChI=1S/C18H23FN2O3S/c1-20(2)7-8-21(11-13-6-9-25-12-13)17(18(22)23)15-10-14(19)4-5-16(15)24-3/h4-6,9-10,12,17H,7-8,11H2,1-3H3,(H,22,23). The number of hydrogen-bond donors (Lipinski definition) is 1. The molecular weight excluding hydrogens is 343 g/mol. The van der Waals surface area contributed by atoms with Crippen molar-refractivity contribution >= 4 is 17.3 Å². The summed E-state index contributed by atoms with van der Waals surface area (Å²) in [4.78, 5) is 15.9. The minimum atomic E-state index is -1.03. The molecule has 0 aliphatic carbocycles. The maximum atomic E-state index is 13.8. The van der Waals surface area contributed by atoms with E-state index in [1.807, 2.05) is 40.7 Å². The second-order valence-corrected chi connectivity index (χ2v) is 6.81. The first kappa shape index (κ1) is 19.4. The lowest BCUT2D eigenvalue weighted by molar-refractivity contribution is -0.144. The number of halogens is 1. The van der Waals surface area contributed by atoms with Crippen LogP contribution < -0.4 is 4.74 Å². The summed E-state index contributed by atoms with van der Waals surface area (Å²) < 4.78 is 19.1. The molecule has 5 nitrogen and oxygen atoms in total. The van der Waals surface area contributed by atoms with Crippen molar-refractivity contribution in [1.82, 2.24) is 9.80 Å². The zero-order chi connectivity index (χ0) is 18.4. The van der Waals surface area contributed by atoms with Crippen molar-refractivity contribution in [2.75, 3.05) is 34.3 Å².